The maximum atomic E-state index is 14.3. The Labute approximate surface area is 164 Å². The van der Waals surface area contributed by atoms with E-state index in [1.807, 2.05) is 11.8 Å². The van der Waals surface area contributed by atoms with Crippen molar-refractivity contribution in [3.05, 3.63) is 71.1 Å². The maximum absolute atomic E-state index is 14.3. The minimum absolute atomic E-state index is 0. The maximum Gasteiger partial charge on any atom is 0.105 e. The SMILES string of the molecule is C=CCOc1cccc(F)c1C1=[C-]C=C(Br)C(=C)N1CC.[Y]. The summed E-state index contributed by atoms with van der Waals surface area (Å²) in [5.41, 5.74) is 1.77. The Morgan fingerprint density at radius 2 is 2.18 bits per heavy atom. The topological polar surface area (TPSA) is 12.5 Å². The van der Waals surface area contributed by atoms with Crippen molar-refractivity contribution in [2.75, 3.05) is 13.2 Å². The number of nitrogens with zero attached hydrogens (tertiary/aromatic N) is 1. The molecule has 0 spiro atoms. The molecule has 0 saturated heterocycles. The molecule has 0 aliphatic carbocycles. The number of benzene rings is 1. The van der Waals surface area contributed by atoms with Gasteiger partial charge in [-0.3, -0.25) is 0 Å². The summed E-state index contributed by atoms with van der Waals surface area (Å²) in [4.78, 5) is 1.89. The Balaban J connectivity index is 0.00000242. The largest absolute Gasteiger partial charge is 0.502 e. The van der Waals surface area contributed by atoms with E-state index in [1.54, 1.807) is 24.3 Å². The van der Waals surface area contributed by atoms with Crippen LogP contribution >= 0.6 is 15.9 Å². The van der Waals surface area contributed by atoms with Crippen molar-refractivity contribution < 1.29 is 41.8 Å². The molecule has 0 fully saturated rings. The quantitative estimate of drug-likeness (QED) is 0.490. The normalized spacial score (nSPS) is 14.0. The minimum Gasteiger partial charge on any atom is -0.502 e. The number of halogens is 2. The first-order valence-electron chi connectivity index (χ1n) is 6.58. The van der Waals surface area contributed by atoms with Gasteiger partial charge < -0.3 is 9.64 Å². The third-order valence-corrected chi connectivity index (χ3v) is 3.78. The van der Waals surface area contributed by atoms with Crippen LogP contribution in [0.1, 0.15) is 12.5 Å². The number of rotatable bonds is 5. The van der Waals surface area contributed by atoms with Crippen LogP contribution in [0.4, 0.5) is 4.39 Å². The minimum atomic E-state index is -0.350. The van der Waals surface area contributed by atoms with Crippen molar-refractivity contribution in [3.63, 3.8) is 0 Å². The summed E-state index contributed by atoms with van der Waals surface area (Å²) < 4.78 is 20.7. The standard InChI is InChI=1S/C17H16BrFNO.Y/c1-4-11-21-16-8-6-7-14(19)17(16)15-10-9-13(18)12(3)20(15)5-2;/h4,6-9H,1,3,5,11H2,2H3;/q-1;. The van der Waals surface area contributed by atoms with E-state index in [-0.39, 0.29) is 38.5 Å². The Bertz CT molecular complexity index is 640. The van der Waals surface area contributed by atoms with Gasteiger partial charge >= 0.3 is 0 Å². The molecule has 0 unspecified atom stereocenters. The van der Waals surface area contributed by atoms with Crippen molar-refractivity contribution in [1.29, 1.82) is 0 Å². The predicted molar refractivity (Wildman–Crippen MR) is 87.3 cm³/mol. The average molecular weight is 438 g/mol. The molecule has 1 aromatic rings. The van der Waals surface area contributed by atoms with Gasteiger partial charge in [-0.2, -0.15) is 12.2 Å². The molecule has 0 N–H and O–H groups in total. The summed E-state index contributed by atoms with van der Waals surface area (Å²) in [5.74, 6) is 0.117. The van der Waals surface area contributed by atoms with Gasteiger partial charge in [0.05, 0.1) is 11.6 Å². The number of ether oxygens (including phenoxy) is 1. The second kappa shape index (κ2) is 8.80. The van der Waals surface area contributed by atoms with Crippen molar-refractivity contribution in [2.24, 2.45) is 0 Å². The van der Waals surface area contributed by atoms with Gasteiger partial charge in [-0.05, 0) is 30.3 Å². The zero-order chi connectivity index (χ0) is 15.4. The monoisotopic (exact) mass is 437 g/mol. The molecule has 1 aliphatic heterocycles. The van der Waals surface area contributed by atoms with Crippen molar-refractivity contribution in [2.45, 2.75) is 6.92 Å². The van der Waals surface area contributed by atoms with Crippen molar-refractivity contribution in [1.82, 2.24) is 4.90 Å². The van der Waals surface area contributed by atoms with Crippen LogP contribution in [0, 0.1) is 11.9 Å². The van der Waals surface area contributed by atoms with Crippen molar-refractivity contribution >= 4 is 21.6 Å². The molecule has 1 heterocycles. The van der Waals surface area contributed by atoms with Crippen LogP contribution in [-0.2, 0) is 32.7 Å². The Morgan fingerprint density at radius 3 is 2.82 bits per heavy atom. The summed E-state index contributed by atoms with van der Waals surface area (Å²) in [6.07, 6.45) is 6.47. The van der Waals surface area contributed by atoms with Crippen LogP contribution in [0.3, 0.4) is 0 Å². The van der Waals surface area contributed by atoms with Crippen LogP contribution in [0.15, 0.2) is 53.7 Å². The van der Waals surface area contributed by atoms with E-state index in [4.69, 9.17) is 4.74 Å². The summed E-state index contributed by atoms with van der Waals surface area (Å²) in [7, 11) is 0. The Hall–Kier alpha value is -0.706. The molecule has 5 heteroatoms. The molecule has 1 radical (unpaired) electrons. The van der Waals surface area contributed by atoms with Gasteiger partial charge in [-0.15, -0.1) is 15.9 Å². The van der Waals surface area contributed by atoms with Crippen LogP contribution in [0.2, 0.25) is 0 Å². The second-order valence-corrected chi connectivity index (χ2v) is 5.24. The number of hydrogen-bond acceptors (Lipinski definition) is 2. The van der Waals surface area contributed by atoms with Gasteiger partial charge in [0.2, 0.25) is 0 Å². The zero-order valence-electron chi connectivity index (χ0n) is 12.4. The van der Waals surface area contributed by atoms with Gasteiger partial charge in [0.1, 0.15) is 6.61 Å². The molecule has 1 aromatic carbocycles. The van der Waals surface area contributed by atoms with E-state index in [9.17, 15) is 4.39 Å². The number of allylic oxidation sites excluding steroid dienone is 3. The fourth-order valence-electron chi connectivity index (χ4n) is 2.12. The van der Waals surface area contributed by atoms with Crippen LogP contribution in [0.25, 0.3) is 5.70 Å². The fraction of sp³-hybridized carbons (Fsp3) is 0.176. The van der Waals surface area contributed by atoms with E-state index in [0.717, 1.165) is 10.2 Å². The van der Waals surface area contributed by atoms with E-state index in [0.29, 0.717) is 30.2 Å². The molecule has 1 aliphatic rings. The van der Waals surface area contributed by atoms with Gasteiger partial charge in [-0.1, -0.05) is 35.5 Å². The molecule has 22 heavy (non-hydrogen) atoms. The Morgan fingerprint density at radius 1 is 1.45 bits per heavy atom. The van der Waals surface area contributed by atoms with E-state index in [1.165, 1.54) is 6.07 Å². The molecule has 0 atom stereocenters. The third kappa shape index (κ3) is 3.98. The molecule has 2 rings (SSSR count). The van der Waals surface area contributed by atoms with E-state index >= 15 is 0 Å². The second-order valence-electron chi connectivity index (χ2n) is 4.39. The Kier molecular flexibility index (Phi) is 7.74. The smallest absolute Gasteiger partial charge is 0.105 e. The third-order valence-electron chi connectivity index (χ3n) is 3.09. The first-order valence-corrected chi connectivity index (χ1v) is 7.38. The average Bonchev–Trinajstić information content (AvgIpc) is 2.48. The number of hydrogen-bond donors (Lipinski definition) is 0. The van der Waals surface area contributed by atoms with Crippen LogP contribution < -0.4 is 4.74 Å². The number of likely N-dealkylation sites (N-methyl/N-ethyl adjacent to an activating group) is 1. The molecule has 0 saturated carbocycles. The summed E-state index contributed by atoms with van der Waals surface area (Å²) in [5, 5.41) is 0. The summed E-state index contributed by atoms with van der Waals surface area (Å²) in [6, 6.07) is 4.77. The summed E-state index contributed by atoms with van der Waals surface area (Å²) in [6.45, 7) is 10.6. The molecule has 0 aromatic heterocycles. The van der Waals surface area contributed by atoms with Crippen LogP contribution in [-0.4, -0.2) is 18.1 Å². The summed E-state index contributed by atoms with van der Waals surface area (Å²) >= 11 is 3.42. The molecular formula is C17H16BrFNOY-. The first kappa shape index (κ1) is 19.3. The van der Waals surface area contributed by atoms with Gasteiger partial charge in [0.25, 0.3) is 0 Å². The molecule has 113 valence electrons. The van der Waals surface area contributed by atoms with Gasteiger partial charge in [-0.25, -0.2) is 4.39 Å². The molecule has 0 amide bonds. The van der Waals surface area contributed by atoms with Gasteiger partial charge in [0.15, 0.2) is 0 Å². The fourth-order valence-corrected chi connectivity index (χ4v) is 2.44. The molecule has 0 bridgehead atoms. The van der Waals surface area contributed by atoms with E-state index < -0.39 is 0 Å². The van der Waals surface area contributed by atoms with Crippen molar-refractivity contribution in [3.8, 4) is 5.75 Å². The molecular weight excluding hydrogens is 422 g/mol. The first-order chi connectivity index (χ1) is 10.1. The van der Waals surface area contributed by atoms with E-state index in [2.05, 4.69) is 35.2 Å². The molecule has 2 nitrogen and oxygen atoms in total. The predicted octanol–water partition coefficient (Wildman–Crippen LogP) is 4.66. The zero-order valence-corrected chi connectivity index (χ0v) is 16.8. The van der Waals surface area contributed by atoms with Crippen LogP contribution in [0.5, 0.6) is 5.75 Å². The van der Waals surface area contributed by atoms with Gasteiger partial charge in [0, 0.05) is 39.3 Å².